The minimum atomic E-state index is -0.353. The number of nitrogens with one attached hydrogen (secondary N) is 4. The lowest BCUT2D eigenvalue weighted by molar-refractivity contribution is -0.150. The van der Waals surface area contributed by atoms with E-state index in [2.05, 4.69) is 210 Å². The molecule has 2 aromatic heterocycles. The molecule has 0 bridgehead atoms. The third kappa shape index (κ3) is 33.9. The number of nitrogens with zero attached hydrogens (tertiary/aromatic N) is 12. The van der Waals surface area contributed by atoms with Crippen molar-refractivity contribution >= 4 is 47.3 Å². The summed E-state index contributed by atoms with van der Waals surface area (Å²) in [5.74, 6) is 10.8. The molecule has 0 unspecified atom stereocenters. The number of carbonyl (C=O) groups is 8. The molecular weight excluding hydrogens is 1680 g/mol. The Hall–Kier alpha value is -8.20. The summed E-state index contributed by atoms with van der Waals surface area (Å²) in [6.45, 7) is 61.4. The summed E-state index contributed by atoms with van der Waals surface area (Å²) in [5, 5.41) is 13.5. The Labute approximate surface area is 807 Å². The van der Waals surface area contributed by atoms with Crippen LogP contribution in [-0.2, 0) is 64.3 Å². The molecule has 0 radical (unpaired) electrons. The number of likely N-dealkylation sites (tertiary alicyclic amines) is 4. The van der Waals surface area contributed by atoms with Crippen molar-refractivity contribution in [3.8, 4) is 11.5 Å². The smallest absolute Gasteiger partial charge is 0.245 e. The van der Waals surface area contributed by atoms with Crippen molar-refractivity contribution in [3.63, 3.8) is 0 Å². The molecule has 26 heteroatoms. The summed E-state index contributed by atoms with van der Waals surface area (Å²) in [4.78, 5) is 132. The number of piperidine rings is 4. The zero-order valence-electron chi connectivity index (χ0n) is 86.4. The highest BCUT2D eigenvalue weighted by Gasteiger charge is 2.45. The molecule has 8 aliphatic heterocycles. The van der Waals surface area contributed by atoms with Crippen LogP contribution in [0.15, 0.2) is 86.0 Å². The molecule has 750 valence electrons. The van der Waals surface area contributed by atoms with Gasteiger partial charge < -0.3 is 79.1 Å². The van der Waals surface area contributed by atoms with E-state index >= 15 is 0 Å². The molecule has 8 amide bonds. The molecule has 8 fully saturated rings. The molecule has 0 saturated carbocycles. The van der Waals surface area contributed by atoms with Crippen molar-refractivity contribution in [1.82, 2.24) is 79.6 Å². The van der Waals surface area contributed by atoms with Gasteiger partial charge in [-0.2, -0.15) is 0 Å². The van der Waals surface area contributed by atoms with Crippen molar-refractivity contribution in [2.45, 2.75) is 322 Å². The van der Waals surface area contributed by atoms with Crippen molar-refractivity contribution in [1.29, 1.82) is 0 Å². The van der Waals surface area contributed by atoms with Gasteiger partial charge in [-0.05, 0) is 229 Å². The minimum absolute atomic E-state index is 0.0930. The molecule has 0 spiro atoms. The van der Waals surface area contributed by atoms with Crippen LogP contribution in [0, 0.1) is 90.8 Å². The van der Waals surface area contributed by atoms with E-state index in [9.17, 15) is 38.4 Å². The monoisotopic (exact) mass is 1860 g/mol. The van der Waals surface area contributed by atoms with E-state index in [1.165, 1.54) is 11.4 Å². The highest BCUT2D eigenvalue weighted by molar-refractivity contribution is 5.93. The number of hydrogen-bond donors (Lipinski definition) is 4. The van der Waals surface area contributed by atoms with Gasteiger partial charge in [-0.15, -0.1) is 6.58 Å². The molecule has 10 heterocycles. The first-order chi connectivity index (χ1) is 63.9. The van der Waals surface area contributed by atoms with Crippen molar-refractivity contribution in [3.05, 3.63) is 109 Å². The Morgan fingerprint density at radius 3 is 1.03 bits per heavy atom. The Morgan fingerprint density at radius 2 is 0.716 bits per heavy atom. The number of carbonyl (C=O) groups excluding carboxylic acids is 8. The molecule has 134 heavy (non-hydrogen) atoms. The van der Waals surface area contributed by atoms with Crippen molar-refractivity contribution in [2.24, 2.45) is 76.9 Å². The topological polar surface area (TPSA) is 265 Å². The number of allylic oxidation sites excluding steroid dienone is 1. The molecule has 4 aromatic rings. The fourth-order valence-corrected chi connectivity index (χ4v) is 20.7. The molecule has 0 aliphatic carbocycles. The van der Waals surface area contributed by atoms with E-state index in [-0.39, 0.29) is 95.6 Å². The molecular formula is C108H178N16O10. The third-order valence-electron chi connectivity index (χ3n) is 28.0. The Morgan fingerprint density at radius 1 is 0.396 bits per heavy atom. The first kappa shape index (κ1) is 109. The average molecular weight is 1860 g/mol. The number of para-hydroxylation sites is 1. The summed E-state index contributed by atoms with van der Waals surface area (Å²) in [6, 6.07) is 14.2. The van der Waals surface area contributed by atoms with E-state index in [1.807, 2.05) is 94.2 Å². The lowest BCUT2D eigenvalue weighted by atomic mass is 9.91. The fourth-order valence-electron chi connectivity index (χ4n) is 20.7. The number of ether oxygens (including phenoxy) is 2. The average Bonchev–Trinajstić information content (AvgIpc) is 0.906. The van der Waals surface area contributed by atoms with Gasteiger partial charge >= 0.3 is 0 Å². The van der Waals surface area contributed by atoms with Crippen LogP contribution in [0.5, 0.6) is 11.5 Å². The SMILES string of the molecule is C=CCCn1ccnc1CC1CCN(C(=O)[C@H](CC(C)C)N2CCN[C@@H](CC(C)C)C2=O)CC1.CC(C)C[C@@H]1NCCN([C@@H](CC(C)C)C(=O)N2CCC(Cc3nccn3CC(C)C)CC2)C1=O.Cc1cccc(OCC2CCN(C(=O)[C@H](CC(C)C)N3CCN[C@@H](CC(C)C)C3=O)CC2)c1.Cc1ccccc1OCC1CCN(C(=O)[C@H](CC(C)C)N2CCN[C@@H](CC(C)C)C2=O)CC1. The van der Waals surface area contributed by atoms with Crippen LogP contribution in [0.2, 0.25) is 0 Å². The summed E-state index contributed by atoms with van der Waals surface area (Å²) in [5.41, 5.74) is 2.35. The standard InChI is InChI=1S/C27H47N5O2.C27H45N5O2.2C27H43N3O3/c1-19(2)15-23-26(33)32(14-10-28-23)24(16-20(3)4)27(34)30-11-7-22(8-12-30)17-25-29-9-13-31(25)18-21(5)6;1-6-7-12-30-15-10-29-25(30)19-22-8-13-31(14-9-22)27(34)24(18-21(4)5)32-16-11-28-23(26(32)33)17-20(2)3;1-19(2)15-24-26(31)30(14-11-28-24)25(16-20(3)4)27(32)29-12-9-22(10-13-29)18-33-23-8-6-7-21(5)17-23;1-19(2)16-23-26(31)30(15-12-28-23)24(17-20(3)4)27(32)29-13-10-22(11-14-29)18-33-25-9-7-6-8-21(25)5/h9,13,19-24,28H,7-8,10-12,14-18H2,1-6H3;6,10,15,20-24,28H,1,7-9,11-14,16-19H2,2-5H3;6-8,17,19-20,22,24-25,28H,9-16,18H2,1-5H3;6-9,19-20,22-24,28H,10-18H2,1-5H3/t2*23-,24-;24-,25-;23-,24-/m0000/s1. The molecule has 2 aromatic carbocycles. The van der Waals surface area contributed by atoms with Gasteiger partial charge in [0.1, 0.15) is 47.3 Å². The van der Waals surface area contributed by atoms with Crippen LogP contribution in [0.25, 0.3) is 0 Å². The van der Waals surface area contributed by atoms with Gasteiger partial charge in [0.2, 0.25) is 47.3 Å². The van der Waals surface area contributed by atoms with E-state index in [0.717, 1.165) is 237 Å². The lowest BCUT2D eigenvalue weighted by Gasteiger charge is -2.42. The lowest BCUT2D eigenvalue weighted by Crippen LogP contribution is -2.62. The van der Waals surface area contributed by atoms with Crippen LogP contribution >= 0.6 is 0 Å². The number of hydrogen-bond acceptors (Lipinski definition) is 16. The highest BCUT2D eigenvalue weighted by Crippen LogP contribution is 2.33. The second-order valence-corrected chi connectivity index (χ2v) is 43.9. The number of rotatable bonds is 39. The fraction of sp³-hybridized carbons (Fsp3) is 0.741. The van der Waals surface area contributed by atoms with Crippen LogP contribution in [0.4, 0.5) is 0 Å². The van der Waals surface area contributed by atoms with Gasteiger partial charge in [-0.3, -0.25) is 38.4 Å². The predicted octanol–water partition coefficient (Wildman–Crippen LogP) is 14.8. The number of aryl methyl sites for hydroxylation is 3. The van der Waals surface area contributed by atoms with Gasteiger partial charge in [0, 0.05) is 155 Å². The van der Waals surface area contributed by atoms with Crippen LogP contribution in [-0.4, -0.2) is 272 Å². The van der Waals surface area contributed by atoms with Crippen LogP contribution in [0.3, 0.4) is 0 Å². The first-order valence-electron chi connectivity index (χ1n) is 52.2. The van der Waals surface area contributed by atoms with Gasteiger partial charge in [-0.25, -0.2) is 9.97 Å². The Balaban J connectivity index is 0.000000201. The van der Waals surface area contributed by atoms with Gasteiger partial charge in [0.05, 0.1) is 37.4 Å². The zero-order chi connectivity index (χ0) is 97.4. The van der Waals surface area contributed by atoms with Crippen molar-refractivity contribution < 1.29 is 47.8 Å². The Kier molecular flexibility index (Phi) is 44.8. The Bertz CT molecular complexity index is 4240. The van der Waals surface area contributed by atoms with E-state index in [0.29, 0.717) is 116 Å². The third-order valence-corrected chi connectivity index (χ3v) is 28.0. The van der Waals surface area contributed by atoms with Crippen LogP contribution < -0.4 is 30.7 Å². The summed E-state index contributed by atoms with van der Waals surface area (Å²) >= 11 is 0. The number of amides is 8. The number of aromatic nitrogens is 4. The second kappa shape index (κ2) is 54.8. The molecule has 4 N–H and O–H groups in total. The quantitative estimate of drug-likeness (QED) is 0.0303. The molecule has 26 nitrogen and oxygen atoms in total. The first-order valence-corrected chi connectivity index (χ1v) is 52.2. The van der Waals surface area contributed by atoms with E-state index in [1.54, 1.807) is 0 Å². The summed E-state index contributed by atoms with van der Waals surface area (Å²) < 4.78 is 16.6. The van der Waals surface area contributed by atoms with E-state index in [4.69, 9.17) is 9.47 Å². The van der Waals surface area contributed by atoms with E-state index < -0.39 is 0 Å². The maximum Gasteiger partial charge on any atom is 0.245 e. The number of benzene rings is 2. The maximum absolute atomic E-state index is 13.7. The van der Waals surface area contributed by atoms with Gasteiger partial charge in [0.25, 0.3) is 0 Å². The van der Waals surface area contributed by atoms with Gasteiger partial charge in [-0.1, -0.05) is 161 Å². The van der Waals surface area contributed by atoms with Crippen molar-refractivity contribution in [2.75, 3.05) is 118 Å². The summed E-state index contributed by atoms with van der Waals surface area (Å²) in [6.07, 6.45) is 26.6. The van der Waals surface area contributed by atoms with Crippen LogP contribution in [0.1, 0.15) is 257 Å². The summed E-state index contributed by atoms with van der Waals surface area (Å²) in [7, 11) is 0. The zero-order valence-corrected chi connectivity index (χ0v) is 86.4. The predicted molar refractivity (Wildman–Crippen MR) is 537 cm³/mol. The maximum atomic E-state index is 13.7. The second-order valence-electron chi connectivity index (χ2n) is 43.9. The molecule has 8 saturated heterocycles. The molecule has 8 atom stereocenters. The minimum Gasteiger partial charge on any atom is -0.493 e. The normalized spacial score (nSPS) is 21.1. The molecule has 12 rings (SSSR count). The van der Waals surface area contributed by atoms with Gasteiger partial charge in [0.15, 0.2) is 0 Å². The molecule has 8 aliphatic rings. The number of imidazole rings is 2. The largest absolute Gasteiger partial charge is 0.493 e. The highest BCUT2D eigenvalue weighted by atomic mass is 16.5. The number of piperazine rings is 4.